The molecule has 0 heterocycles. The lowest BCUT2D eigenvalue weighted by molar-refractivity contribution is -0.130. The lowest BCUT2D eigenvalue weighted by atomic mass is 10.2. The first-order valence-electron chi connectivity index (χ1n) is 7.48. The highest BCUT2D eigenvalue weighted by Crippen LogP contribution is 2.14. The summed E-state index contributed by atoms with van der Waals surface area (Å²) in [6, 6.07) is 12.7. The molecule has 2 aromatic carbocycles. The van der Waals surface area contributed by atoms with E-state index >= 15 is 0 Å². The van der Waals surface area contributed by atoms with Crippen molar-refractivity contribution < 1.29 is 14.0 Å². The molecule has 0 spiro atoms. The third-order valence-electron chi connectivity index (χ3n) is 3.50. The molecule has 4 nitrogen and oxygen atoms in total. The monoisotopic (exact) mass is 348 g/mol. The number of carbonyl (C=O) groups excluding carboxylic acids is 2. The van der Waals surface area contributed by atoms with Gasteiger partial charge in [-0.2, -0.15) is 0 Å². The second-order valence-electron chi connectivity index (χ2n) is 5.36. The molecule has 24 heavy (non-hydrogen) atoms. The van der Waals surface area contributed by atoms with E-state index in [1.165, 1.54) is 17.0 Å². The van der Waals surface area contributed by atoms with Crippen LogP contribution in [0.1, 0.15) is 22.3 Å². The number of rotatable bonds is 6. The van der Waals surface area contributed by atoms with Gasteiger partial charge in [-0.05, 0) is 29.8 Å². The van der Waals surface area contributed by atoms with E-state index in [0.717, 1.165) is 5.56 Å². The molecule has 2 rings (SSSR count). The van der Waals surface area contributed by atoms with Gasteiger partial charge in [-0.3, -0.25) is 9.59 Å². The van der Waals surface area contributed by atoms with Gasteiger partial charge >= 0.3 is 0 Å². The quantitative estimate of drug-likeness (QED) is 0.871. The molecule has 0 saturated carbocycles. The lowest BCUT2D eigenvalue weighted by Crippen LogP contribution is -2.32. The number of nitrogens with one attached hydrogen (secondary N) is 1. The molecular formula is C18H18ClFN2O2. The van der Waals surface area contributed by atoms with Gasteiger partial charge in [0.25, 0.3) is 5.91 Å². The molecular weight excluding hydrogens is 331 g/mol. The fraction of sp³-hybridized carbons (Fsp3) is 0.222. The maximum absolute atomic E-state index is 12.9. The van der Waals surface area contributed by atoms with E-state index in [-0.39, 0.29) is 30.6 Å². The number of carbonyl (C=O) groups is 2. The molecule has 0 aromatic heterocycles. The Kier molecular flexibility index (Phi) is 6.32. The van der Waals surface area contributed by atoms with Crippen molar-refractivity contribution in [1.29, 1.82) is 0 Å². The molecule has 6 heteroatoms. The van der Waals surface area contributed by atoms with Gasteiger partial charge in [0.15, 0.2) is 0 Å². The summed E-state index contributed by atoms with van der Waals surface area (Å²) in [5.41, 5.74) is 1.22. The van der Waals surface area contributed by atoms with Gasteiger partial charge < -0.3 is 10.2 Å². The summed E-state index contributed by atoms with van der Waals surface area (Å²) in [7, 11) is 1.67. The first-order chi connectivity index (χ1) is 11.5. The largest absolute Gasteiger partial charge is 0.351 e. The normalized spacial score (nSPS) is 10.3. The lowest BCUT2D eigenvalue weighted by Gasteiger charge is -2.17. The molecule has 0 fully saturated rings. The minimum Gasteiger partial charge on any atom is -0.351 e. The fourth-order valence-electron chi connectivity index (χ4n) is 2.17. The number of benzene rings is 2. The molecule has 2 amide bonds. The fourth-order valence-corrected chi connectivity index (χ4v) is 2.39. The Labute approximate surface area is 145 Å². The van der Waals surface area contributed by atoms with E-state index in [4.69, 9.17) is 11.6 Å². The standard InChI is InChI=1S/C18H18ClFN2O2/c1-22(12-13-6-8-14(20)9-7-13)17(23)10-11-21-18(24)15-4-2-3-5-16(15)19/h2-9H,10-12H2,1H3,(H,21,24). The number of hydrogen-bond acceptors (Lipinski definition) is 2. The van der Waals surface area contributed by atoms with Crippen molar-refractivity contribution in [2.24, 2.45) is 0 Å². The zero-order valence-corrected chi connectivity index (χ0v) is 14.0. The third-order valence-corrected chi connectivity index (χ3v) is 3.83. The Morgan fingerprint density at radius 1 is 1.12 bits per heavy atom. The van der Waals surface area contributed by atoms with Crippen molar-refractivity contribution in [1.82, 2.24) is 10.2 Å². The first kappa shape index (κ1) is 17.9. The molecule has 0 atom stereocenters. The molecule has 1 N–H and O–H groups in total. The van der Waals surface area contributed by atoms with Crippen LogP contribution >= 0.6 is 11.6 Å². The van der Waals surface area contributed by atoms with Gasteiger partial charge in [0.2, 0.25) is 5.91 Å². The minimum absolute atomic E-state index is 0.112. The maximum atomic E-state index is 12.9. The minimum atomic E-state index is -0.311. The summed E-state index contributed by atoms with van der Waals surface area (Å²) in [5.74, 6) is -0.733. The topological polar surface area (TPSA) is 49.4 Å². The van der Waals surface area contributed by atoms with Gasteiger partial charge in [-0.15, -0.1) is 0 Å². The van der Waals surface area contributed by atoms with Crippen molar-refractivity contribution in [3.05, 3.63) is 70.5 Å². The van der Waals surface area contributed by atoms with Crippen LogP contribution in [0.2, 0.25) is 5.02 Å². The maximum Gasteiger partial charge on any atom is 0.252 e. The summed E-state index contributed by atoms with van der Waals surface area (Å²) < 4.78 is 12.9. The average molecular weight is 349 g/mol. The zero-order valence-electron chi connectivity index (χ0n) is 13.3. The van der Waals surface area contributed by atoms with Crippen molar-refractivity contribution >= 4 is 23.4 Å². The van der Waals surface area contributed by atoms with Crippen LogP contribution in [-0.4, -0.2) is 30.3 Å². The van der Waals surface area contributed by atoms with E-state index in [0.29, 0.717) is 17.1 Å². The summed E-state index contributed by atoms with van der Waals surface area (Å²) in [5, 5.41) is 3.05. The molecule has 0 aliphatic rings. The van der Waals surface area contributed by atoms with Crippen LogP contribution in [0.3, 0.4) is 0 Å². The molecule has 2 aromatic rings. The van der Waals surface area contributed by atoms with Crippen LogP contribution in [0.25, 0.3) is 0 Å². The van der Waals surface area contributed by atoms with Crippen molar-refractivity contribution in [2.45, 2.75) is 13.0 Å². The Balaban J connectivity index is 1.79. The highest BCUT2D eigenvalue weighted by Gasteiger charge is 2.12. The van der Waals surface area contributed by atoms with E-state index in [9.17, 15) is 14.0 Å². The van der Waals surface area contributed by atoms with Gasteiger partial charge in [0.05, 0.1) is 10.6 Å². The van der Waals surface area contributed by atoms with Gasteiger partial charge in [0.1, 0.15) is 5.82 Å². The highest BCUT2D eigenvalue weighted by molar-refractivity contribution is 6.33. The smallest absolute Gasteiger partial charge is 0.252 e. The van der Waals surface area contributed by atoms with E-state index in [1.54, 1.807) is 43.4 Å². The molecule has 0 unspecified atom stereocenters. The Morgan fingerprint density at radius 3 is 2.46 bits per heavy atom. The predicted molar refractivity (Wildman–Crippen MR) is 91.3 cm³/mol. The summed E-state index contributed by atoms with van der Waals surface area (Å²) in [4.78, 5) is 25.6. The second kappa shape index (κ2) is 8.45. The van der Waals surface area contributed by atoms with E-state index < -0.39 is 0 Å². The second-order valence-corrected chi connectivity index (χ2v) is 5.77. The van der Waals surface area contributed by atoms with Crippen LogP contribution in [-0.2, 0) is 11.3 Å². The van der Waals surface area contributed by atoms with Crippen LogP contribution in [0, 0.1) is 5.82 Å². The van der Waals surface area contributed by atoms with E-state index in [2.05, 4.69) is 5.32 Å². The molecule has 0 radical (unpaired) electrons. The van der Waals surface area contributed by atoms with E-state index in [1.807, 2.05) is 0 Å². The SMILES string of the molecule is CN(Cc1ccc(F)cc1)C(=O)CCNC(=O)c1ccccc1Cl. The summed E-state index contributed by atoms with van der Waals surface area (Å²) in [6.07, 6.45) is 0.174. The summed E-state index contributed by atoms with van der Waals surface area (Å²) in [6.45, 7) is 0.605. The van der Waals surface area contributed by atoms with Crippen molar-refractivity contribution in [3.63, 3.8) is 0 Å². The molecule has 0 aliphatic heterocycles. The Hall–Kier alpha value is -2.40. The third kappa shape index (κ3) is 5.06. The number of amides is 2. The first-order valence-corrected chi connectivity index (χ1v) is 7.86. The number of halogens is 2. The highest BCUT2D eigenvalue weighted by atomic mass is 35.5. The zero-order chi connectivity index (χ0) is 17.5. The van der Waals surface area contributed by atoms with Crippen LogP contribution in [0.4, 0.5) is 4.39 Å². The molecule has 0 aliphatic carbocycles. The average Bonchev–Trinajstić information content (AvgIpc) is 2.57. The van der Waals surface area contributed by atoms with Crippen LogP contribution < -0.4 is 5.32 Å². The van der Waals surface area contributed by atoms with Gasteiger partial charge in [-0.1, -0.05) is 35.9 Å². The van der Waals surface area contributed by atoms with Crippen LogP contribution in [0.15, 0.2) is 48.5 Å². The predicted octanol–water partition coefficient (Wildman–Crippen LogP) is 3.26. The van der Waals surface area contributed by atoms with Crippen molar-refractivity contribution in [3.8, 4) is 0 Å². The number of hydrogen-bond donors (Lipinski definition) is 1. The number of nitrogens with zero attached hydrogens (tertiary/aromatic N) is 1. The Morgan fingerprint density at radius 2 is 1.79 bits per heavy atom. The molecule has 0 bridgehead atoms. The van der Waals surface area contributed by atoms with Gasteiger partial charge in [0, 0.05) is 26.6 Å². The Bertz CT molecular complexity index is 719. The van der Waals surface area contributed by atoms with Crippen LogP contribution in [0.5, 0.6) is 0 Å². The van der Waals surface area contributed by atoms with Gasteiger partial charge in [-0.25, -0.2) is 4.39 Å². The van der Waals surface area contributed by atoms with Crippen molar-refractivity contribution in [2.75, 3.05) is 13.6 Å². The summed E-state index contributed by atoms with van der Waals surface area (Å²) >= 11 is 5.95. The molecule has 0 saturated heterocycles. The molecule has 126 valence electrons.